The summed E-state index contributed by atoms with van der Waals surface area (Å²) >= 11 is 0. The van der Waals surface area contributed by atoms with E-state index in [0.29, 0.717) is 24.6 Å². The first-order chi connectivity index (χ1) is 13.0. The van der Waals surface area contributed by atoms with Gasteiger partial charge in [0.15, 0.2) is 5.96 Å². The molecule has 2 aromatic rings. The lowest BCUT2D eigenvalue weighted by molar-refractivity contribution is 0.0827. The molecule has 2 rings (SSSR count). The van der Waals surface area contributed by atoms with Crippen LogP contribution in [0.2, 0.25) is 0 Å². The fourth-order valence-electron chi connectivity index (χ4n) is 2.74. The van der Waals surface area contributed by atoms with E-state index in [1.807, 2.05) is 24.3 Å². The fourth-order valence-corrected chi connectivity index (χ4v) is 2.74. The van der Waals surface area contributed by atoms with Crippen molar-refractivity contribution in [2.75, 3.05) is 21.1 Å². The zero-order valence-electron chi connectivity index (χ0n) is 16.8. The van der Waals surface area contributed by atoms with E-state index >= 15 is 0 Å². The number of rotatable bonds is 7. The number of nitrogens with one attached hydrogen (secondary N) is 2. The maximum absolute atomic E-state index is 11.9. The van der Waals surface area contributed by atoms with Crippen LogP contribution in [0.15, 0.2) is 33.8 Å². The lowest BCUT2D eigenvalue weighted by Crippen LogP contribution is -2.36. The molecule has 1 amide bonds. The molecule has 146 valence electrons. The van der Waals surface area contributed by atoms with Crippen LogP contribution < -0.4 is 10.6 Å². The largest absolute Gasteiger partial charge is 0.361 e. The van der Waals surface area contributed by atoms with E-state index < -0.39 is 0 Å². The first-order valence-corrected chi connectivity index (χ1v) is 9.21. The topological polar surface area (TPSA) is 82.8 Å². The number of hydrogen-bond acceptors (Lipinski definition) is 4. The molecule has 0 saturated carbocycles. The van der Waals surface area contributed by atoms with Crippen LogP contribution in [0.1, 0.15) is 46.8 Å². The zero-order chi connectivity index (χ0) is 19.8. The van der Waals surface area contributed by atoms with E-state index in [4.69, 9.17) is 4.52 Å². The van der Waals surface area contributed by atoms with Crippen LogP contribution in [-0.2, 0) is 25.9 Å². The molecule has 1 aromatic carbocycles. The molecule has 0 aliphatic heterocycles. The number of amides is 1. The summed E-state index contributed by atoms with van der Waals surface area (Å²) in [6.07, 6.45) is 1.65. The van der Waals surface area contributed by atoms with Gasteiger partial charge in [-0.15, -0.1) is 0 Å². The molecule has 0 aliphatic rings. The van der Waals surface area contributed by atoms with Crippen LogP contribution in [0, 0.1) is 0 Å². The van der Waals surface area contributed by atoms with Crippen LogP contribution in [0.5, 0.6) is 0 Å². The average Bonchev–Trinajstić information content (AvgIpc) is 3.09. The summed E-state index contributed by atoms with van der Waals surface area (Å²) in [4.78, 5) is 17.8. The molecule has 0 spiro atoms. The smallest absolute Gasteiger partial charge is 0.253 e. The number of carbonyl (C=O) groups excluding carboxylic acids is 1. The number of nitrogens with zero attached hydrogens (tertiary/aromatic N) is 3. The summed E-state index contributed by atoms with van der Waals surface area (Å²) in [6.45, 7) is 5.35. The second-order valence-electron chi connectivity index (χ2n) is 6.41. The quantitative estimate of drug-likeness (QED) is 0.577. The Morgan fingerprint density at radius 3 is 2.33 bits per heavy atom. The molecular formula is C20H29N5O2. The van der Waals surface area contributed by atoms with Crippen molar-refractivity contribution < 1.29 is 9.32 Å². The number of aromatic nitrogens is 1. The van der Waals surface area contributed by atoms with Gasteiger partial charge in [0.25, 0.3) is 5.91 Å². The van der Waals surface area contributed by atoms with Gasteiger partial charge >= 0.3 is 0 Å². The van der Waals surface area contributed by atoms with Crippen molar-refractivity contribution in [1.29, 1.82) is 0 Å². The number of carbonyl (C=O) groups is 1. The lowest BCUT2D eigenvalue weighted by atomic mass is 10.1. The molecule has 0 unspecified atom stereocenters. The Kier molecular flexibility index (Phi) is 7.40. The van der Waals surface area contributed by atoms with Crippen molar-refractivity contribution in [2.24, 2.45) is 4.99 Å². The minimum absolute atomic E-state index is 0.000774. The molecular weight excluding hydrogens is 342 g/mol. The van der Waals surface area contributed by atoms with Crippen LogP contribution in [0.4, 0.5) is 0 Å². The Labute approximate surface area is 160 Å². The van der Waals surface area contributed by atoms with Gasteiger partial charge in [-0.25, -0.2) is 0 Å². The third kappa shape index (κ3) is 5.32. The van der Waals surface area contributed by atoms with Gasteiger partial charge in [0.2, 0.25) is 0 Å². The van der Waals surface area contributed by atoms with Crippen LogP contribution in [-0.4, -0.2) is 43.1 Å². The molecule has 0 aliphatic carbocycles. The molecule has 7 heteroatoms. The molecule has 0 radical (unpaired) electrons. The third-order valence-corrected chi connectivity index (χ3v) is 4.33. The maximum Gasteiger partial charge on any atom is 0.253 e. The molecule has 7 nitrogen and oxygen atoms in total. The first-order valence-electron chi connectivity index (χ1n) is 9.21. The van der Waals surface area contributed by atoms with Gasteiger partial charge < -0.3 is 20.1 Å². The number of hydrogen-bond donors (Lipinski definition) is 2. The van der Waals surface area contributed by atoms with E-state index in [1.165, 1.54) is 0 Å². The predicted molar refractivity (Wildman–Crippen MR) is 107 cm³/mol. The molecule has 0 fully saturated rings. The van der Waals surface area contributed by atoms with Gasteiger partial charge in [-0.1, -0.05) is 31.1 Å². The summed E-state index contributed by atoms with van der Waals surface area (Å²) in [5.41, 5.74) is 3.84. The highest BCUT2D eigenvalue weighted by Crippen LogP contribution is 2.15. The summed E-state index contributed by atoms with van der Waals surface area (Å²) in [5, 5.41) is 10.7. The van der Waals surface area contributed by atoms with E-state index in [1.54, 1.807) is 26.0 Å². The number of benzene rings is 1. The van der Waals surface area contributed by atoms with Gasteiger partial charge in [-0.2, -0.15) is 0 Å². The number of aliphatic imine (C=N–C) groups is 1. The SMILES string of the molecule is CCc1noc(CC)c1CNC(=NC)NCc1ccc(C(=O)N(C)C)cc1. The minimum atomic E-state index is -0.000774. The Hall–Kier alpha value is -2.83. The lowest BCUT2D eigenvalue weighted by Gasteiger charge is -2.13. The molecule has 1 heterocycles. The summed E-state index contributed by atoms with van der Waals surface area (Å²) in [5.74, 6) is 1.61. The molecule has 0 saturated heterocycles. The Bertz CT molecular complexity index is 757. The highest BCUT2D eigenvalue weighted by Gasteiger charge is 2.13. The predicted octanol–water partition coefficient (Wildman–Crippen LogP) is 2.37. The van der Waals surface area contributed by atoms with Gasteiger partial charge in [-0.05, 0) is 24.1 Å². The highest BCUT2D eigenvalue weighted by atomic mass is 16.5. The maximum atomic E-state index is 11.9. The number of aryl methyl sites for hydroxylation is 2. The van der Waals surface area contributed by atoms with Crippen molar-refractivity contribution in [3.8, 4) is 0 Å². The van der Waals surface area contributed by atoms with E-state index in [0.717, 1.165) is 35.4 Å². The fraction of sp³-hybridized carbons (Fsp3) is 0.450. The molecule has 2 N–H and O–H groups in total. The standard InChI is InChI=1S/C20H29N5O2/c1-6-17-16(18(7-2)27-24-17)13-23-20(21-3)22-12-14-8-10-15(11-9-14)19(26)25(4)5/h8-11H,6-7,12-13H2,1-5H3,(H2,21,22,23). The Balaban J connectivity index is 1.93. The van der Waals surface area contributed by atoms with Crippen molar-refractivity contribution >= 4 is 11.9 Å². The van der Waals surface area contributed by atoms with Gasteiger partial charge in [0.05, 0.1) is 5.69 Å². The van der Waals surface area contributed by atoms with Gasteiger partial charge in [-0.3, -0.25) is 9.79 Å². The van der Waals surface area contributed by atoms with Crippen LogP contribution in [0.3, 0.4) is 0 Å². The third-order valence-electron chi connectivity index (χ3n) is 4.33. The van der Waals surface area contributed by atoms with Crippen molar-refractivity contribution in [3.63, 3.8) is 0 Å². The van der Waals surface area contributed by atoms with Gasteiger partial charge in [0.1, 0.15) is 5.76 Å². The Morgan fingerprint density at radius 2 is 1.78 bits per heavy atom. The second-order valence-corrected chi connectivity index (χ2v) is 6.41. The van der Waals surface area contributed by atoms with Crippen molar-refractivity contribution in [2.45, 2.75) is 39.8 Å². The zero-order valence-corrected chi connectivity index (χ0v) is 16.8. The summed E-state index contributed by atoms with van der Waals surface area (Å²) < 4.78 is 5.40. The van der Waals surface area contributed by atoms with E-state index in [2.05, 4.69) is 34.6 Å². The molecule has 1 aromatic heterocycles. The minimum Gasteiger partial charge on any atom is -0.361 e. The van der Waals surface area contributed by atoms with Crippen molar-refractivity contribution in [1.82, 2.24) is 20.7 Å². The number of guanidine groups is 1. The highest BCUT2D eigenvalue weighted by molar-refractivity contribution is 5.93. The molecule has 0 bridgehead atoms. The van der Waals surface area contributed by atoms with E-state index in [9.17, 15) is 4.79 Å². The average molecular weight is 371 g/mol. The Morgan fingerprint density at radius 1 is 1.11 bits per heavy atom. The molecule has 27 heavy (non-hydrogen) atoms. The van der Waals surface area contributed by atoms with Crippen LogP contribution >= 0.6 is 0 Å². The second kappa shape index (κ2) is 9.75. The summed E-state index contributed by atoms with van der Waals surface area (Å²) in [7, 11) is 5.23. The van der Waals surface area contributed by atoms with Gasteiger partial charge in [0, 0.05) is 51.8 Å². The van der Waals surface area contributed by atoms with Crippen LogP contribution in [0.25, 0.3) is 0 Å². The monoisotopic (exact) mass is 371 g/mol. The van der Waals surface area contributed by atoms with E-state index in [-0.39, 0.29) is 5.91 Å². The molecule has 0 atom stereocenters. The summed E-state index contributed by atoms with van der Waals surface area (Å²) in [6, 6.07) is 7.57. The van der Waals surface area contributed by atoms with Crippen molar-refractivity contribution in [3.05, 3.63) is 52.4 Å². The normalized spacial score (nSPS) is 11.4. The first kappa shape index (κ1) is 20.5.